The lowest BCUT2D eigenvalue weighted by atomic mass is 9.88. The average molecular weight is 352 g/mol. The van der Waals surface area contributed by atoms with Gasteiger partial charge in [0.25, 0.3) is 0 Å². The molecule has 25 heavy (non-hydrogen) atoms. The maximum Gasteiger partial charge on any atom is 0.322 e. The van der Waals surface area contributed by atoms with Crippen LogP contribution in [0.4, 0.5) is 14.5 Å². The third-order valence-corrected chi connectivity index (χ3v) is 5.34. The predicted octanol–water partition coefficient (Wildman–Crippen LogP) is 2.71. The van der Waals surface area contributed by atoms with Crippen molar-refractivity contribution in [2.75, 3.05) is 12.4 Å². The number of hydrogen-bond donors (Lipinski definition) is 1. The van der Waals surface area contributed by atoms with Gasteiger partial charge < -0.3 is 10.1 Å². The van der Waals surface area contributed by atoms with E-state index >= 15 is 0 Å². The van der Waals surface area contributed by atoms with Gasteiger partial charge >= 0.3 is 5.97 Å². The van der Waals surface area contributed by atoms with Crippen molar-refractivity contribution in [2.45, 2.75) is 50.7 Å². The molecular formula is C18H22F2N2O3. The Morgan fingerprint density at radius 3 is 2.44 bits per heavy atom. The van der Waals surface area contributed by atoms with Gasteiger partial charge in [0.05, 0.1) is 12.8 Å². The molecule has 5 nitrogen and oxygen atoms in total. The van der Waals surface area contributed by atoms with Crippen LogP contribution in [0.15, 0.2) is 18.2 Å². The van der Waals surface area contributed by atoms with Crippen molar-refractivity contribution >= 4 is 17.6 Å². The number of nitrogens with one attached hydrogen (secondary N) is 1. The van der Waals surface area contributed by atoms with Gasteiger partial charge in [0, 0.05) is 24.1 Å². The smallest absolute Gasteiger partial charge is 0.322 e. The molecule has 2 fully saturated rings. The van der Waals surface area contributed by atoms with Gasteiger partial charge in [0.2, 0.25) is 5.91 Å². The number of carbonyl (C=O) groups excluding carboxylic acids is 2. The normalized spacial score (nSPS) is 27.0. The zero-order valence-corrected chi connectivity index (χ0v) is 14.3. The highest BCUT2D eigenvalue weighted by molar-refractivity contribution is 5.92. The molecule has 2 unspecified atom stereocenters. The number of esters is 1. The first-order valence-electron chi connectivity index (χ1n) is 8.52. The van der Waals surface area contributed by atoms with Gasteiger partial charge in [-0.1, -0.05) is 0 Å². The number of fused-ring (bicyclic) bond motifs is 2. The number of benzene rings is 1. The minimum atomic E-state index is -0.784. The number of ether oxygens (including phenoxy) is 1. The van der Waals surface area contributed by atoms with E-state index < -0.39 is 11.6 Å². The van der Waals surface area contributed by atoms with E-state index in [1.807, 2.05) is 6.92 Å². The molecule has 1 aromatic rings. The van der Waals surface area contributed by atoms with Crippen LogP contribution in [0.3, 0.4) is 0 Å². The Morgan fingerprint density at radius 2 is 1.88 bits per heavy atom. The molecule has 2 bridgehead atoms. The Kier molecular flexibility index (Phi) is 5.03. The maximum absolute atomic E-state index is 13.7. The fraction of sp³-hybridized carbons (Fsp3) is 0.556. The lowest BCUT2D eigenvalue weighted by Crippen LogP contribution is -2.52. The molecule has 2 heterocycles. The van der Waals surface area contributed by atoms with Gasteiger partial charge in [0.15, 0.2) is 0 Å². The number of halogens is 2. The average Bonchev–Trinajstić information content (AvgIpc) is 2.85. The first-order valence-corrected chi connectivity index (χ1v) is 8.52. The Morgan fingerprint density at radius 1 is 1.24 bits per heavy atom. The zero-order valence-electron chi connectivity index (χ0n) is 14.3. The fourth-order valence-corrected chi connectivity index (χ4v) is 4.18. The molecule has 0 saturated carbocycles. The van der Waals surface area contributed by atoms with Crippen LogP contribution in [0.5, 0.6) is 0 Å². The predicted molar refractivity (Wildman–Crippen MR) is 87.8 cm³/mol. The summed E-state index contributed by atoms with van der Waals surface area (Å²) in [6.45, 7) is 1.82. The molecule has 2 saturated heterocycles. The van der Waals surface area contributed by atoms with Crippen LogP contribution in [-0.2, 0) is 14.3 Å². The maximum atomic E-state index is 13.7. The minimum absolute atomic E-state index is 0.0101. The van der Waals surface area contributed by atoms with E-state index in [0.717, 1.165) is 25.0 Å². The summed E-state index contributed by atoms with van der Waals surface area (Å²) in [5.41, 5.74) is -0.0101. The van der Waals surface area contributed by atoms with Crippen molar-refractivity contribution in [1.29, 1.82) is 0 Å². The summed E-state index contributed by atoms with van der Waals surface area (Å²) in [4.78, 5) is 26.5. The second-order valence-electron chi connectivity index (χ2n) is 6.81. The third kappa shape index (κ3) is 3.51. The van der Waals surface area contributed by atoms with Gasteiger partial charge in [-0.2, -0.15) is 0 Å². The van der Waals surface area contributed by atoms with E-state index in [-0.39, 0.29) is 41.6 Å². The number of nitrogens with zero attached hydrogens (tertiary/aromatic N) is 1. The van der Waals surface area contributed by atoms with Crippen molar-refractivity contribution in [1.82, 2.24) is 4.90 Å². The van der Waals surface area contributed by atoms with Crippen LogP contribution in [0.25, 0.3) is 0 Å². The molecule has 0 radical (unpaired) electrons. The second kappa shape index (κ2) is 7.07. The zero-order chi connectivity index (χ0) is 18.1. The monoisotopic (exact) mass is 352 g/mol. The highest BCUT2D eigenvalue weighted by Gasteiger charge is 2.46. The largest absolute Gasteiger partial charge is 0.468 e. The quantitative estimate of drug-likeness (QED) is 0.847. The van der Waals surface area contributed by atoms with Crippen molar-refractivity contribution in [3.8, 4) is 0 Å². The van der Waals surface area contributed by atoms with Gasteiger partial charge in [-0.15, -0.1) is 0 Å². The van der Waals surface area contributed by atoms with Crippen molar-refractivity contribution in [2.24, 2.45) is 5.92 Å². The molecule has 0 spiro atoms. The molecular weight excluding hydrogens is 330 g/mol. The molecule has 0 aromatic heterocycles. The minimum Gasteiger partial charge on any atom is -0.468 e. The fourth-order valence-electron chi connectivity index (χ4n) is 4.18. The van der Waals surface area contributed by atoms with Crippen LogP contribution in [0, 0.1) is 17.6 Å². The number of carbonyl (C=O) groups is 2. The Hall–Kier alpha value is -2.02. The van der Waals surface area contributed by atoms with E-state index in [1.165, 1.54) is 13.2 Å². The number of methoxy groups -OCH3 is 1. The molecule has 0 aliphatic carbocycles. The highest BCUT2D eigenvalue weighted by atomic mass is 19.1. The standard InChI is InChI=1S/C18H22F2N2O3/c1-10(18(24)25-2)22-13-4-5-14(22)8-11(7-13)17(23)21-16-6-3-12(19)9-15(16)20/h3,6,9-11,13-14H,4-5,7-8H2,1-2H3,(H,21,23)/t10-,11?,13+,14?/m1/s1. The topological polar surface area (TPSA) is 58.6 Å². The molecule has 136 valence electrons. The van der Waals surface area contributed by atoms with Gasteiger partial charge in [-0.25, -0.2) is 8.78 Å². The summed E-state index contributed by atoms with van der Waals surface area (Å²) in [5.74, 6) is -2.24. The van der Waals surface area contributed by atoms with Crippen molar-refractivity contribution < 1.29 is 23.1 Å². The van der Waals surface area contributed by atoms with Crippen LogP contribution >= 0.6 is 0 Å². The van der Waals surface area contributed by atoms with Crippen molar-refractivity contribution in [3.05, 3.63) is 29.8 Å². The Balaban J connectivity index is 1.66. The van der Waals surface area contributed by atoms with E-state index in [4.69, 9.17) is 4.74 Å². The molecule has 3 rings (SSSR count). The highest BCUT2D eigenvalue weighted by Crippen LogP contribution is 2.40. The number of anilines is 1. The third-order valence-electron chi connectivity index (χ3n) is 5.34. The molecule has 7 heteroatoms. The van der Waals surface area contributed by atoms with E-state index in [2.05, 4.69) is 10.2 Å². The molecule has 2 aliphatic rings. The lowest BCUT2D eigenvalue weighted by Gasteiger charge is -2.40. The molecule has 2 aliphatic heterocycles. The first-order chi connectivity index (χ1) is 11.9. The molecule has 4 atom stereocenters. The van der Waals surface area contributed by atoms with Gasteiger partial charge in [-0.05, 0) is 44.7 Å². The summed E-state index contributed by atoms with van der Waals surface area (Å²) in [6.07, 6.45) is 3.10. The number of rotatable bonds is 4. The summed E-state index contributed by atoms with van der Waals surface area (Å²) >= 11 is 0. The van der Waals surface area contributed by atoms with E-state index in [9.17, 15) is 18.4 Å². The van der Waals surface area contributed by atoms with E-state index in [0.29, 0.717) is 12.8 Å². The van der Waals surface area contributed by atoms with Crippen LogP contribution in [-0.4, -0.2) is 42.0 Å². The summed E-state index contributed by atoms with van der Waals surface area (Å²) in [6, 6.07) is 3.04. The summed E-state index contributed by atoms with van der Waals surface area (Å²) in [5, 5.41) is 2.56. The summed E-state index contributed by atoms with van der Waals surface area (Å²) < 4.78 is 31.5. The molecule has 1 N–H and O–H groups in total. The number of hydrogen-bond acceptors (Lipinski definition) is 4. The second-order valence-corrected chi connectivity index (χ2v) is 6.81. The molecule has 1 aromatic carbocycles. The van der Waals surface area contributed by atoms with Gasteiger partial charge in [0.1, 0.15) is 17.7 Å². The van der Waals surface area contributed by atoms with Crippen molar-refractivity contribution in [3.63, 3.8) is 0 Å². The number of piperidine rings is 1. The molecule has 1 amide bonds. The van der Waals surface area contributed by atoms with Crippen LogP contribution in [0.1, 0.15) is 32.6 Å². The summed E-state index contributed by atoms with van der Waals surface area (Å²) in [7, 11) is 1.37. The lowest BCUT2D eigenvalue weighted by molar-refractivity contribution is -0.148. The number of amides is 1. The van der Waals surface area contributed by atoms with Crippen LogP contribution < -0.4 is 5.32 Å². The van der Waals surface area contributed by atoms with Crippen LogP contribution in [0.2, 0.25) is 0 Å². The van der Waals surface area contributed by atoms with Gasteiger partial charge in [-0.3, -0.25) is 14.5 Å². The Bertz CT molecular complexity index is 668. The first kappa shape index (κ1) is 17.8. The van der Waals surface area contributed by atoms with E-state index in [1.54, 1.807) is 0 Å². The Labute approximate surface area is 145 Å². The SMILES string of the molecule is COC(=O)[C@@H](C)N1C2CC[C@H]1CC(C(=O)Nc1ccc(F)cc1F)C2.